The van der Waals surface area contributed by atoms with Gasteiger partial charge in [-0.25, -0.2) is 0 Å². The van der Waals surface area contributed by atoms with Gasteiger partial charge in [0, 0.05) is 12.6 Å². The van der Waals surface area contributed by atoms with Gasteiger partial charge in [0.05, 0.1) is 18.9 Å². The van der Waals surface area contributed by atoms with Crippen molar-refractivity contribution in [1.29, 1.82) is 0 Å². The Bertz CT molecular complexity index is 894. The number of ether oxygens (including phenoxy) is 2. The van der Waals surface area contributed by atoms with Gasteiger partial charge in [-0.2, -0.15) is 18.3 Å². The quantitative estimate of drug-likeness (QED) is 0.689. The Balaban J connectivity index is 2.16. The zero-order valence-electron chi connectivity index (χ0n) is 16.0. The second-order valence-electron chi connectivity index (χ2n) is 6.37. The average molecular weight is 414 g/mol. The summed E-state index contributed by atoms with van der Waals surface area (Å²) in [4.78, 5) is 23.2. The van der Waals surface area contributed by atoms with E-state index in [1.165, 1.54) is 33.1 Å². The van der Waals surface area contributed by atoms with E-state index in [1.54, 1.807) is 6.07 Å². The van der Waals surface area contributed by atoms with Crippen molar-refractivity contribution in [3.63, 3.8) is 0 Å². The molecule has 0 atom stereocenters. The fraction of sp³-hybridized carbons (Fsp3) is 0.389. The highest BCUT2D eigenvalue weighted by atomic mass is 19.4. The number of nitrogens with one attached hydrogen (secondary N) is 1. The molecule has 2 amide bonds. The molecule has 1 aromatic carbocycles. The minimum Gasteiger partial charge on any atom is -0.493 e. The van der Waals surface area contributed by atoms with Crippen LogP contribution in [0.4, 0.5) is 13.2 Å². The summed E-state index contributed by atoms with van der Waals surface area (Å²) >= 11 is 0. The van der Waals surface area contributed by atoms with Crippen LogP contribution in [-0.2, 0) is 17.5 Å². The molecule has 3 N–H and O–H groups in total. The predicted octanol–water partition coefficient (Wildman–Crippen LogP) is 2.29. The van der Waals surface area contributed by atoms with Crippen LogP contribution in [0, 0.1) is 0 Å². The number of hydrogen-bond donors (Lipinski definition) is 2. The Kier molecular flexibility index (Phi) is 6.72. The van der Waals surface area contributed by atoms with Crippen molar-refractivity contribution >= 4 is 11.8 Å². The molecular formula is C18H21F3N4O4. The van der Waals surface area contributed by atoms with Crippen LogP contribution >= 0.6 is 0 Å². The first-order chi connectivity index (χ1) is 13.5. The molecule has 8 nitrogen and oxygen atoms in total. The van der Waals surface area contributed by atoms with Gasteiger partial charge in [-0.1, -0.05) is 6.07 Å². The van der Waals surface area contributed by atoms with Crippen LogP contribution in [-0.4, -0.2) is 35.3 Å². The lowest BCUT2D eigenvalue weighted by atomic mass is 10.1. The first kappa shape index (κ1) is 22.1. The lowest BCUT2D eigenvalue weighted by Gasteiger charge is -2.15. The summed E-state index contributed by atoms with van der Waals surface area (Å²) in [6, 6.07) is 4.03. The molecule has 0 spiro atoms. The smallest absolute Gasteiger partial charge is 0.433 e. The van der Waals surface area contributed by atoms with Crippen LogP contribution < -0.4 is 20.5 Å². The predicted molar refractivity (Wildman–Crippen MR) is 96.5 cm³/mol. The standard InChI is InChI=1S/C18H21F3N4O4/c1-10(2)25-16(18(19,20)21)12(8-24-25)17(27)23-7-11-4-5-13(14(6-11)28-3)29-9-15(22)26/h4-6,8,10H,7,9H2,1-3H3,(H2,22,26)(H,23,27). The highest BCUT2D eigenvalue weighted by molar-refractivity contribution is 5.95. The fourth-order valence-electron chi connectivity index (χ4n) is 2.57. The number of aromatic nitrogens is 2. The van der Waals surface area contributed by atoms with Gasteiger partial charge in [0.15, 0.2) is 23.8 Å². The third-order valence-electron chi connectivity index (χ3n) is 3.85. The van der Waals surface area contributed by atoms with E-state index in [4.69, 9.17) is 15.2 Å². The maximum atomic E-state index is 13.4. The van der Waals surface area contributed by atoms with E-state index < -0.39 is 35.3 Å². The van der Waals surface area contributed by atoms with Crippen molar-refractivity contribution in [2.24, 2.45) is 5.73 Å². The fourth-order valence-corrected chi connectivity index (χ4v) is 2.57. The molecule has 1 heterocycles. The Morgan fingerprint density at radius 3 is 2.52 bits per heavy atom. The maximum Gasteiger partial charge on any atom is 0.433 e. The van der Waals surface area contributed by atoms with Gasteiger partial charge < -0.3 is 20.5 Å². The van der Waals surface area contributed by atoms with E-state index in [0.717, 1.165) is 10.9 Å². The molecule has 0 aliphatic heterocycles. The number of rotatable bonds is 8. The summed E-state index contributed by atoms with van der Waals surface area (Å²) in [5, 5.41) is 6.13. The van der Waals surface area contributed by atoms with Gasteiger partial charge in [0.1, 0.15) is 0 Å². The molecule has 158 valence electrons. The molecule has 0 unspecified atom stereocenters. The molecule has 0 aliphatic carbocycles. The SMILES string of the molecule is COc1cc(CNC(=O)c2cnn(C(C)C)c2C(F)(F)F)ccc1OCC(N)=O. The van der Waals surface area contributed by atoms with Crippen molar-refractivity contribution in [2.45, 2.75) is 32.6 Å². The van der Waals surface area contributed by atoms with Crippen LogP contribution in [0.1, 0.15) is 41.5 Å². The highest BCUT2D eigenvalue weighted by Crippen LogP contribution is 2.33. The topological polar surface area (TPSA) is 108 Å². The maximum absolute atomic E-state index is 13.4. The van der Waals surface area contributed by atoms with E-state index in [-0.39, 0.29) is 24.7 Å². The van der Waals surface area contributed by atoms with Crippen LogP contribution in [0.5, 0.6) is 11.5 Å². The Morgan fingerprint density at radius 1 is 1.28 bits per heavy atom. The Morgan fingerprint density at radius 2 is 1.97 bits per heavy atom. The van der Waals surface area contributed by atoms with E-state index in [0.29, 0.717) is 5.56 Å². The molecule has 0 saturated heterocycles. The zero-order valence-corrected chi connectivity index (χ0v) is 16.0. The number of primary amides is 1. The van der Waals surface area contributed by atoms with E-state index in [9.17, 15) is 22.8 Å². The van der Waals surface area contributed by atoms with Crippen molar-refractivity contribution in [3.05, 3.63) is 41.2 Å². The number of amides is 2. The number of nitrogens with zero attached hydrogens (tertiary/aromatic N) is 2. The molecule has 0 saturated carbocycles. The first-order valence-corrected chi connectivity index (χ1v) is 8.55. The molecule has 29 heavy (non-hydrogen) atoms. The molecule has 0 radical (unpaired) electrons. The summed E-state index contributed by atoms with van der Waals surface area (Å²) in [6.07, 6.45) is -3.82. The van der Waals surface area contributed by atoms with Gasteiger partial charge >= 0.3 is 6.18 Å². The minimum absolute atomic E-state index is 0.0601. The molecule has 0 aliphatic rings. The number of methoxy groups -OCH3 is 1. The number of carbonyl (C=O) groups is 2. The average Bonchev–Trinajstić information content (AvgIpc) is 3.10. The van der Waals surface area contributed by atoms with Crippen molar-refractivity contribution in [2.75, 3.05) is 13.7 Å². The van der Waals surface area contributed by atoms with Crippen LogP contribution in [0.3, 0.4) is 0 Å². The summed E-state index contributed by atoms with van der Waals surface area (Å²) in [6.45, 7) is 2.68. The third-order valence-corrected chi connectivity index (χ3v) is 3.85. The molecule has 0 bridgehead atoms. The largest absolute Gasteiger partial charge is 0.493 e. The van der Waals surface area contributed by atoms with Gasteiger partial charge in [-0.05, 0) is 31.5 Å². The van der Waals surface area contributed by atoms with Gasteiger partial charge in [-0.3, -0.25) is 14.3 Å². The molecule has 11 heteroatoms. The molecular weight excluding hydrogens is 393 g/mol. The third kappa shape index (κ3) is 5.39. The van der Waals surface area contributed by atoms with E-state index in [1.807, 2.05) is 0 Å². The molecule has 2 aromatic rings. The van der Waals surface area contributed by atoms with Crippen LogP contribution in [0.25, 0.3) is 0 Å². The monoisotopic (exact) mass is 414 g/mol. The lowest BCUT2D eigenvalue weighted by Crippen LogP contribution is -2.27. The van der Waals surface area contributed by atoms with Crippen molar-refractivity contribution in [1.82, 2.24) is 15.1 Å². The van der Waals surface area contributed by atoms with Gasteiger partial charge in [0.25, 0.3) is 11.8 Å². The first-order valence-electron chi connectivity index (χ1n) is 8.55. The van der Waals surface area contributed by atoms with Gasteiger partial charge in [-0.15, -0.1) is 0 Å². The number of benzene rings is 1. The summed E-state index contributed by atoms with van der Waals surface area (Å²) in [5.41, 5.74) is 3.91. The van der Waals surface area contributed by atoms with Gasteiger partial charge in [0.2, 0.25) is 0 Å². The summed E-state index contributed by atoms with van der Waals surface area (Å²) in [7, 11) is 1.38. The molecule has 2 rings (SSSR count). The summed E-state index contributed by atoms with van der Waals surface area (Å²) in [5.74, 6) is -1.02. The van der Waals surface area contributed by atoms with E-state index in [2.05, 4.69) is 10.4 Å². The number of halogens is 3. The Labute approximate surface area is 164 Å². The van der Waals surface area contributed by atoms with Crippen LogP contribution in [0.2, 0.25) is 0 Å². The van der Waals surface area contributed by atoms with Crippen molar-refractivity contribution < 1.29 is 32.2 Å². The minimum atomic E-state index is -4.73. The molecule has 0 fully saturated rings. The van der Waals surface area contributed by atoms with Crippen molar-refractivity contribution in [3.8, 4) is 11.5 Å². The van der Waals surface area contributed by atoms with E-state index >= 15 is 0 Å². The Hall–Kier alpha value is -3.24. The highest BCUT2D eigenvalue weighted by Gasteiger charge is 2.40. The summed E-state index contributed by atoms with van der Waals surface area (Å²) < 4.78 is 51.3. The second-order valence-corrected chi connectivity index (χ2v) is 6.37. The lowest BCUT2D eigenvalue weighted by molar-refractivity contribution is -0.145. The zero-order chi connectivity index (χ0) is 21.8. The number of hydrogen-bond acceptors (Lipinski definition) is 5. The number of nitrogens with two attached hydrogens (primary N) is 1. The normalized spacial score (nSPS) is 11.4. The number of alkyl halides is 3. The van der Waals surface area contributed by atoms with Crippen LogP contribution in [0.15, 0.2) is 24.4 Å². The molecule has 1 aromatic heterocycles. The number of carbonyl (C=O) groups excluding carboxylic acids is 2. The second kappa shape index (κ2) is 8.84.